The molecule has 0 bridgehead atoms. The van der Waals surface area contributed by atoms with Crippen molar-refractivity contribution in [2.75, 3.05) is 18.9 Å². The molecule has 2 amide bonds. The first kappa shape index (κ1) is 13.2. The highest BCUT2D eigenvalue weighted by atomic mass is 16.2. The number of hydrogen-bond donors (Lipinski definition) is 3. The maximum atomic E-state index is 11.5. The molecule has 1 aromatic rings. The van der Waals surface area contributed by atoms with Crippen LogP contribution in [0.15, 0.2) is 24.3 Å². The summed E-state index contributed by atoms with van der Waals surface area (Å²) in [6, 6.07) is 7.53. The molecule has 0 fully saturated rings. The molecule has 0 saturated carbocycles. The van der Waals surface area contributed by atoms with Gasteiger partial charge >= 0.3 is 0 Å². The Labute approximate surface area is 101 Å². The average molecular weight is 235 g/mol. The largest absolute Gasteiger partial charge is 0.347 e. The number of para-hydroxylation sites is 1. The highest BCUT2D eigenvalue weighted by Crippen LogP contribution is 2.14. The van der Waals surface area contributed by atoms with E-state index in [0.717, 1.165) is 11.3 Å². The number of hydrogen-bond acceptors (Lipinski definition) is 3. The van der Waals surface area contributed by atoms with E-state index in [1.165, 1.54) is 6.92 Å². The van der Waals surface area contributed by atoms with Crippen LogP contribution in [0.3, 0.4) is 0 Å². The third kappa shape index (κ3) is 4.65. The number of rotatable bonds is 5. The van der Waals surface area contributed by atoms with Crippen molar-refractivity contribution in [3.8, 4) is 0 Å². The number of carbonyl (C=O) groups excluding carboxylic acids is 2. The van der Waals surface area contributed by atoms with Crippen LogP contribution in [0.1, 0.15) is 12.5 Å². The molecule has 0 unspecified atom stereocenters. The molecule has 5 heteroatoms. The Balaban J connectivity index is 2.61. The Morgan fingerprint density at radius 1 is 1.24 bits per heavy atom. The van der Waals surface area contributed by atoms with Gasteiger partial charge in [0, 0.05) is 19.2 Å². The van der Waals surface area contributed by atoms with E-state index in [9.17, 15) is 9.59 Å². The van der Waals surface area contributed by atoms with Crippen LogP contribution in [-0.2, 0) is 16.1 Å². The average Bonchev–Trinajstić information content (AvgIpc) is 2.29. The summed E-state index contributed by atoms with van der Waals surface area (Å²) in [5.74, 6) is -0.451. The van der Waals surface area contributed by atoms with Gasteiger partial charge in [0.05, 0.1) is 6.54 Å². The van der Waals surface area contributed by atoms with Crippen LogP contribution in [0.2, 0.25) is 0 Å². The van der Waals surface area contributed by atoms with Crippen LogP contribution in [0, 0.1) is 0 Å². The predicted molar refractivity (Wildman–Crippen MR) is 66.5 cm³/mol. The van der Waals surface area contributed by atoms with Gasteiger partial charge in [-0.3, -0.25) is 9.59 Å². The molecule has 0 aliphatic carbocycles. The molecule has 92 valence electrons. The molecular weight excluding hydrogens is 218 g/mol. The minimum absolute atomic E-state index is 0.0107. The van der Waals surface area contributed by atoms with Gasteiger partial charge in [0.25, 0.3) is 0 Å². The lowest BCUT2D eigenvalue weighted by Crippen LogP contribution is -2.31. The van der Waals surface area contributed by atoms with Crippen LogP contribution >= 0.6 is 0 Å². The molecule has 17 heavy (non-hydrogen) atoms. The highest BCUT2D eigenvalue weighted by molar-refractivity contribution is 5.94. The van der Waals surface area contributed by atoms with Gasteiger partial charge in [-0.2, -0.15) is 0 Å². The molecule has 0 saturated heterocycles. The first-order valence-electron chi connectivity index (χ1n) is 5.40. The smallest absolute Gasteiger partial charge is 0.243 e. The van der Waals surface area contributed by atoms with Crippen molar-refractivity contribution in [2.24, 2.45) is 0 Å². The Morgan fingerprint density at radius 2 is 1.94 bits per heavy atom. The lowest BCUT2D eigenvalue weighted by Gasteiger charge is -2.10. The summed E-state index contributed by atoms with van der Waals surface area (Å²) in [5.41, 5.74) is 1.77. The van der Waals surface area contributed by atoms with E-state index in [0.29, 0.717) is 6.54 Å². The van der Waals surface area contributed by atoms with Crippen LogP contribution in [-0.4, -0.2) is 25.4 Å². The zero-order valence-corrected chi connectivity index (χ0v) is 10.0. The number of nitrogens with one attached hydrogen (secondary N) is 3. The fraction of sp³-hybridized carbons (Fsp3) is 0.333. The van der Waals surface area contributed by atoms with E-state index < -0.39 is 0 Å². The summed E-state index contributed by atoms with van der Waals surface area (Å²) < 4.78 is 0. The van der Waals surface area contributed by atoms with E-state index in [4.69, 9.17) is 0 Å². The van der Waals surface area contributed by atoms with Crippen molar-refractivity contribution >= 4 is 17.5 Å². The first-order chi connectivity index (χ1) is 8.13. The van der Waals surface area contributed by atoms with E-state index in [2.05, 4.69) is 16.0 Å². The molecule has 5 nitrogen and oxygen atoms in total. The normalized spacial score (nSPS) is 9.76. The summed E-state index contributed by atoms with van der Waals surface area (Å²) >= 11 is 0. The summed E-state index contributed by atoms with van der Waals surface area (Å²) in [6.07, 6.45) is 0. The quantitative estimate of drug-likeness (QED) is 0.695. The van der Waals surface area contributed by atoms with Crippen LogP contribution in [0.4, 0.5) is 5.69 Å². The molecular formula is C12H17N3O2. The van der Waals surface area contributed by atoms with Gasteiger partial charge in [0.15, 0.2) is 0 Å². The number of carbonyl (C=O) groups is 2. The molecule has 1 aromatic carbocycles. The van der Waals surface area contributed by atoms with Crippen LogP contribution < -0.4 is 16.0 Å². The molecule has 0 radical (unpaired) electrons. The van der Waals surface area contributed by atoms with Gasteiger partial charge in [0.2, 0.25) is 11.8 Å². The van der Waals surface area contributed by atoms with E-state index in [1.54, 1.807) is 0 Å². The maximum absolute atomic E-state index is 11.5. The third-order valence-electron chi connectivity index (χ3n) is 2.16. The summed E-state index contributed by atoms with van der Waals surface area (Å²) in [6.45, 7) is 2.04. The molecule has 3 N–H and O–H groups in total. The first-order valence-corrected chi connectivity index (χ1v) is 5.40. The lowest BCUT2D eigenvalue weighted by atomic mass is 10.1. The van der Waals surface area contributed by atoms with Gasteiger partial charge in [-0.1, -0.05) is 18.2 Å². The summed E-state index contributed by atoms with van der Waals surface area (Å²) in [4.78, 5) is 22.2. The molecule has 0 aromatic heterocycles. The van der Waals surface area contributed by atoms with Gasteiger partial charge in [-0.25, -0.2) is 0 Å². The van der Waals surface area contributed by atoms with E-state index in [-0.39, 0.29) is 18.4 Å². The molecule has 0 atom stereocenters. The summed E-state index contributed by atoms with van der Waals surface area (Å²) in [5, 5.41) is 8.23. The van der Waals surface area contributed by atoms with Gasteiger partial charge in [-0.15, -0.1) is 0 Å². The molecule has 0 aliphatic rings. The van der Waals surface area contributed by atoms with Crippen molar-refractivity contribution in [3.63, 3.8) is 0 Å². The second-order valence-corrected chi connectivity index (χ2v) is 3.65. The Kier molecular flexibility index (Phi) is 5.16. The Bertz CT molecular complexity index is 404. The fourth-order valence-corrected chi connectivity index (χ4v) is 1.39. The third-order valence-corrected chi connectivity index (χ3v) is 2.16. The van der Waals surface area contributed by atoms with Crippen molar-refractivity contribution in [3.05, 3.63) is 29.8 Å². The van der Waals surface area contributed by atoms with Crippen molar-refractivity contribution in [1.29, 1.82) is 0 Å². The summed E-state index contributed by atoms with van der Waals surface area (Å²) in [7, 11) is 1.84. The van der Waals surface area contributed by atoms with Crippen molar-refractivity contribution in [1.82, 2.24) is 10.6 Å². The molecule has 0 spiro atoms. The highest BCUT2D eigenvalue weighted by Gasteiger charge is 2.06. The minimum atomic E-state index is -0.233. The Morgan fingerprint density at radius 3 is 2.59 bits per heavy atom. The fourth-order valence-electron chi connectivity index (χ4n) is 1.39. The second-order valence-electron chi connectivity index (χ2n) is 3.65. The van der Waals surface area contributed by atoms with Crippen molar-refractivity contribution < 1.29 is 9.59 Å². The standard InChI is InChI=1S/C12H17N3O2/c1-9(16)14-8-12(17)15-11-6-4-3-5-10(11)7-13-2/h3-6,13H,7-8H2,1-2H3,(H,14,16)(H,15,17). The minimum Gasteiger partial charge on any atom is -0.347 e. The number of benzene rings is 1. The van der Waals surface area contributed by atoms with Gasteiger partial charge in [0.1, 0.15) is 0 Å². The zero-order chi connectivity index (χ0) is 12.7. The van der Waals surface area contributed by atoms with E-state index >= 15 is 0 Å². The zero-order valence-electron chi connectivity index (χ0n) is 10.0. The molecule has 0 heterocycles. The number of amides is 2. The molecule has 1 rings (SSSR count). The monoisotopic (exact) mass is 235 g/mol. The SMILES string of the molecule is CNCc1ccccc1NC(=O)CNC(C)=O. The topological polar surface area (TPSA) is 70.2 Å². The van der Waals surface area contributed by atoms with Gasteiger partial charge < -0.3 is 16.0 Å². The molecule has 0 aliphatic heterocycles. The Hall–Kier alpha value is -1.88. The predicted octanol–water partition coefficient (Wildman–Crippen LogP) is 0.481. The van der Waals surface area contributed by atoms with E-state index in [1.807, 2.05) is 31.3 Å². The lowest BCUT2D eigenvalue weighted by molar-refractivity contribution is -0.122. The van der Waals surface area contributed by atoms with Gasteiger partial charge in [-0.05, 0) is 18.7 Å². The van der Waals surface area contributed by atoms with Crippen LogP contribution in [0.5, 0.6) is 0 Å². The maximum Gasteiger partial charge on any atom is 0.243 e. The number of anilines is 1. The second kappa shape index (κ2) is 6.65. The van der Waals surface area contributed by atoms with Crippen LogP contribution in [0.25, 0.3) is 0 Å². The van der Waals surface area contributed by atoms with Crippen molar-refractivity contribution in [2.45, 2.75) is 13.5 Å².